The van der Waals surface area contributed by atoms with Crippen molar-refractivity contribution in [3.05, 3.63) is 24.1 Å². The van der Waals surface area contributed by atoms with Crippen molar-refractivity contribution < 1.29 is 9.21 Å². The summed E-state index contributed by atoms with van der Waals surface area (Å²) in [7, 11) is 0. The molecule has 0 bridgehead atoms. The minimum Gasteiger partial charge on any atom is -0.440 e. The monoisotopic (exact) mass is 261 g/mol. The maximum atomic E-state index is 11.8. The topological polar surface area (TPSA) is 81.2 Å². The summed E-state index contributed by atoms with van der Waals surface area (Å²) in [6.45, 7) is 7.36. The summed E-state index contributed by atoms with van der Waals surface area (Å²) < 4.78 is 5.61. The summed E-state index contributed by atoms with van der Waals surface area (Å²) in [5.41, 5.74) is 6.94. The number of benzene rings is 1. The molecule has 2 rings (SSSR count). The van der Waals surface area contributed by atoms with Crippen molar-refractivity contribution >= 4 is 22.7 Å². The number of hydrogen-bond donors (Lipinski definition) is 2. The smallest absolute Gasteiger partial charge is 0.243 e. The number of carbonyl (C=O) groups excluding carboxylic acids is 1. The van der Waals surface area contributed by atoms with E-state index in [-0.39, 0.29) is 11.8 Å². The third-order valence-electron chi connectivity index (χ3n) is 2.74. The van der Waals surface area contributed by atoms with Crippen LogP contribution < -0.4 is 11.1 Å². The fourth-order valence-corrected chi connectivity index (χ4v) is 1.56. The third-order valence-corrected chi connectivity index (χ3v) is 2.74. The molecule has 0 aliphatic rings. The maximum Gasteiger partial charge on any atom is 0.243 e. The number of amides is 1. The molecule has 2 aromatic rings. The lowest BCUT2D eigenvalue weighted by molar-refractivity contribution is -0.120. The second-order valence-electron chi connectivity index (χ2n) is 5.57. The van der Waals surface area contributed by atoms with E-state index >= 15 is 0 Å². The Morgan fingerprint density at radius 2 is 2.11 bits per heavy atom. The highest BCUT2D eigenvalue weighted by Crippen LogP contribution is 2.24. The van der Waals surface area contributed by atoms with Crippen molar-refractivity contribution in [3.63, 3.8) is 0 Å². The molecule has 0 saturated heterocycles. The zero-order valence-electron chi connectivity index (χ0n) is 11.7. The number of fused-ring (bicyclic) bond motifs is 1. The molecule has 3 N–H and O–H groups in total. The van der Waals surface area contributed by atoms with E-state index in [2.05, 4.69) is 10.3 Å². The zero-order valence-corrected chi connectivity index (χ0v) is 11.7. The molecule has 1 aromatic heterocycles. The van der Waals surface area contributed by atoms with Gasteiger partial charge in [0.1, 0.15) is 5.52 Å². The molecule has 0 spiro atoms. The van der Waals surface area contributed by atoms with E-state index < -0.39 is 5.54 Å². The van der Waals surface area contributed by atoms with Gasteiger partial charge in [-0.15, -0.1) is 0 Å². The van der Waals surface area contributed by atoms with Gasteiger partial charge in [-0.25, -0.2) is 4.98 Å². The Labute approximate surface area is 112 Å². The highest BCUT2D eigenvalue weighted by atomic mass is 16.3. The first-order valence-electron chi connectivity index (χ1n) is 6.28. The zero-order chi connectivity index (χ0) is 14.2. The first-order valence-corrected chi connectivity index (χ1v) is 6.28. The lowest BCUT2D eigenvalue weighted by Gasteiger charge is -2.17. The van der Waals surface area contributed by atoms with Crippen LogP contribution in [0.2, 0.25) is 0 Å². The standard InChI is InChI=1S/C14H19N3O2/c1-8(2)12-17-10-7-9(5-6-11(10)19-12)16-13(18)14(3,4)15/h5-8H,15H2,1-4H3,(H,16,18). The van der Waals surface area contributed by atoms with Gasteiger partial charge in [0.05, 0.1) is 5.54 Å². The van der Waals surface area contributed by atoms with Gasteiger partial charge in [0.2, 0.25) is 5.91 Å². The maximum absolute atomic E-state index is 11.8. The molecule has 0 unspecified atom stereocenters. The minimum absolute atomic E-state index is 0.230. The first-order chi connectivity index (χ1) is 8.77. The fourth-order valence-electron chi connectivity index (χ4n) is 1.56. The summed E-state index contributed by atoms with van der Waals surface area (Å²) in [5, 5.41) is 2.77. The number of rotatable bonds is 3. The second kappa shape index (κ2) is 4.66. The highest BCUT2D eigenvalue weighted by molar-refractivity contribution is 5.98. The molecule has 0 fully saturated rings. The van der Waals surface area contributed by atoms with Crippen molar-refractivity contribution in [2.24, 2.45) is 5.73 Å². The normalized spacial score (nSPS) is 12.1. The summed E-state index contributed by atoms with van der Waals surface area (Å²) in [5.74, 6) is 0.686. The first kappa shape index (κ1) is 13.5. The van der Waals surface area contributed by atoms with Gasteiger partial charge in [0.15, 0.2) is 11.5 Å². The van der Waals surface area contributed by atoms with Crippen molar-refractivity contribution in [2.45, 2.75) is 39.2 Å². The molecule has 0 aliphatic heterocycles. The molecule has 0 aliphatic carbocycles. The van der Waals surface area contributed by atoms with Crippen LogP contribution in [0.4, 0.5) is 5.69 Å². The van der Waals surface area contributed by atoms with Gasteiger partial charge in [-0.2, -0.15) is 0 Å². The number of anilines is 1. The van der Waals surface area contributed by atoms with Crippen LogP contribution in [-0.4, -0.2) is 16.4 Å². The number of nitrogens with zero attached hydrogens (tertiary/aromatic N) is 1. The average Bonchev–Trinajstić information content (AvgIpc) is 2.70. The number of aromatic nitrogens is 1. The second-order valence-corrected chi connectivity index (χ2v) is 5.57. The molecule has 5 nitrogen and oxygen atoms in total. The van der Waals surface area contributed by atoms with Gasteiger partial charge >= 0.3 is 0 Å². The summed E-state index contributed by atoms with van der Waals surface area (Å²) in [6, 6.07) is 5.36. The molecule has 5 heteroatoms. The van der Waals surface area contributed by atoms with E-state index in [9.17, 15) is 4.79 Å². The summed E-state index contributed by atoms with van der Waals surface area (Å²) in [4.78, 5) is 16.2. The van der Waals surface area contributed by atoms with E-state index in [1.807, 2.05) is 13.8 Å². The van der Waals surface area contributed by atoms with Crippen molar-refractivity contribution in [1.82, 2.24) is 4.98 Å². The molecule has 19 heavy (non-hydrogen) atoms. The Balaban J connectivity index is 2.29. The Morgan fingerprint density at radius 3 is 2.68 bits per heavy atom. The number of nitrogens with one attached hydrogen (secondary N) is 1. The van der Waals surface area contributed by atoms with Gasteiger partial charge < -0.3 is 15.5 Å². The van der Waals surface area contributed by atoms with E-state index in [1.54, 1.807) is 32.0 Å². The van der Waals surface area contributed by atoms with Crippen LogP contribution in [-0.2, 0) is 4.79 Å². The Bertz CT molecular complexity index is 609. The molecule has 0 atom stereocenters. The SMILES string of the molecule is CC(C)c1nc2cc(NC(=O)C(C)(C)N)ccc2o1. The number of hydrogen-bond acceptors (Lipinski definition) is 4. The minimum atomic E-state index is -0.915. The highest BCUT2D eigenvalue weighted by Gasteiger charge is 2.22. The quantitative estimate of drug-likeness (QED) is 0.889. The van der Waals surface area contributed by atoms with Crippen LogP contribution in [0, 0.1) is 0 Å². The van der Waals surface area contributed by atoms with Crippen LogP contribution >= 0.6 is 0 Å². The average molecular weight is 261 g/mol. The van der Waals surface area contributed by atoms with Gasteiger partial charge in [-0.05, 0) is 32.0 Å². The van der Waals surface area contributed by atoms with Gasteiger partial charge in [0, 0.05) is 11.6 Å². The molecule has 102 valence electrons. The molecule has 1 amide bonds. The lowest BCUT2D eigenvalue weighted by Crippen LogP contribution is -2.45. The van der Waals surface area contributed by atoms with E-state index in [0.717, 1.165) is 5.52 Å². The van der Waals surface area contributed by atoms with E-state index in [0.29, 0.717) is 17.2 Å². The number of carbonyl (C=O) groups is 1. The van der Waals surface area contributed by atoms with Crippen molar-refractivity contribution in [2.75, 3.05) is 5.32 Å². The third kappa shape index (κ3) is 2.93. The molecule has 0 saturated carbocycles. The molecular formula is C14H19N3O2. The van der Waals surface area contributed by atoms with Crippen LogP contribution in [0.15, 0.2) is 22.6 Å². The molecule has 1 aromatic carbocycles. The predicted octanol–water partition coefficient (Wildman–Crippen LogP) is 2.63. The van der Waals surface area contributed by atoms with Gasteiger partial charge in [-0.1, -0.05) is 13.8 Å². The van der Waals surface area contributed by atoms with Crippen LogP contribution in [0.3, 0.4) is 0 Å². The summed E-state index contributed by atoms with van der Waals surface area (Å²) in [6.07, 6.45) is 0. The molecule has 0 radical (unpaired) electrons. The Kier molecular flexibility index (Phi) is 3.32. The fraction of sp³-hybridized carbons (Fsp3) is 0.429. The molecule has 1 heterocycles. The van der Waals surface area contributed by atoms with Crippen LogP contribution in [0.5, 0.6) is 0 Å². The largest absolute Gasteiger partial charge is 0.440 e. The van der Waals surface area contributed by atoms with E-state index in [4.69, 9.17) is 10.2 Å². The van der Waals surface area contributed by atoms with Gasteiger partial charge in [-0.3, -0.25) is 4.79 Å². The lowest BCUT2D eigenvalue weighted by atomic mass is 10.1. The molecular weight excluding hydrogens is 242 g/mol. The van der Waals surface area contributed by atoms with Gasteiger partial charge in [0.25, 0.3) is 0 Å². The van der Waals surface area contributed by atoms with Crippen molar-refractivity contribution in [1.29, 1.82) is 0 Å². The van der Waals surface area contributed by atoms with Crippen molar-refractivity contribution in [3.8, 4) is 0 Å². The van der Waals surface area contributed by atoms with E-state index in [1.165, 1.54) is 0 Å². The predicted molar refractivity (Wildman–Crippen MR) is 75.0 cm³/mol. The number of nitrogens with two attached hydrogens (primary N) is 1. The van der Waals surface area contributed by atoms with Crippen LogP contribution in [0.1, 0.15) is 39.5 Å². The summed E-state index contributed by atoms with van der Waals surface area (Å²) >= 11 is 0. The van der Waals surface area contributed by atoms with Crippen LogP contribution in [0.25, 0.3) is 11.1 Å². The Hall–Kier alpha value is -1.88. The Morgan fingerprint density at radius 1 is 1.42 bits per heavy atom. The number of oxazole rings is 1.